The molecule has 5 aromatic carbocycles. The number of hydrogen-bond donors (Lipinski definition) is 0. The third kappa shape index (κ3) is 8.68. The lowest BCUT2D eigenvalue weighted by Crippen LogP contribution is -2.41. The topological polar surface area (TPSA) is 74.8 Å². The fraction of sp³-hybridized carbons (Fsp3) is 0.538. The summed E-state index contributed by atoms with van der Waals surface area (Å²) in [5.41, 5.74) is 2.29. The van der Waals surface area contributed by atoms with Crippen molar-refractivity contribution in [2.75, 3.05) is 13.1 Å². The normalized spacial score (nSPS) is 14.2. The maximum Gasteiger partial charge on any atom is 0.261 e. The second-order valence-corrected chi connectivity index (χ2v) is 17.4. The van der Waals surface area contributed by atoms with Crippen molar-refractivity contribution >= 4 is 66.7 Å². The number of nitrogens with zero attached hydrogens (tertiary/aromatic N) is 2. The molecule has 0 saturated heterocycles. The molecule has 7 rings (SSSR count). The lowest BCUT2D eigenvalue weighted by atomic mass is 9.82. The molecule has 0 aromatic heterocycles. The average Bonchev–Trinajstić information content (AvgIpc) is 3.24. The highest BCUT2D eigenvalue weighted by Gasteiger charge is 2.36. The van der Waals surface area contributed by atoms with Gasteiger partial charge in [-0.2, -0.15) is 0 Å². The minimum Gasteiger partial charge on any atom is -0.274 e. The van der Waals surface area contributed by atoms with E-state index in [1.807, 2.05) is 48.5 Å². The summed E-state index contributed by atoms with van der Waals surface area (Å²) >= 11 is 0. The van der Waals surface area contributed by atoms with E-state index in [4.69, 9.17) is 0 Å². The van der Waals surface area contributed by atoms with Crippen LogP contribution in [0.5, 0.6) is 0 Å². The van der Waals surface area contributed by atoms with Crippen molar-refractivity contribution in [2.45, 2.75) is 168 Å². The third-order valence-electron chi connectivity index (χ3n) is 13.3. The van der Waals surface area contributed by atoms with Crippen LogP contribution in [0.2, 0.25) is 0 Å². The van der Waals surface area contributed by atoms with Crippen molar-refractivity contribution < 1.29 is 19.2 Å². The van der Waals surface area contributed by atoms with E-state index < -0.39 is 0 Å². The third-order valence-corrected chi connectivity index (χ3v) is 13.3. The van der Waals surface area contributed by atoms with Gasteiger partial charge in [0.2, 0.25) is 0 Å². The highest BCUT2D eigenvalue weighted by Crippen LogP contribution is 2.46. The second kappa shape index (κ2) is 20.1. The van der Waals surface area contributed by atoms with E-state index in [1.54, 1.807) is 0 Å². The Kier molecular flexibility index (Phi) is 14.5. The summed E-state index contributed by atoms with van der Waals surface area (Å²) in [5.74, 6) is -0.871. The fourth-order valence-corrected chi connectivity index (χ4v) is 10.00. The molecule has 2 aliphatic heterocycles. The highest BCUT2D eigenvalue weighted by atomic mass is 16.2. The van der Waals surface area contributed by atoms with E-state index in [9.17, 15) is 19.2 Å². The Morgan fingerprint density at radius 1 is 0.293 bits per heavy atom. The van der Waals surface area contributed by atoms with Gasteiger partial charge in [0.25, 0.3) is 23.6 Å². The Labute approximate surface area is 346 Å². The molecule has 0 saturated carbocycles. The molecule has 0 fully saturated rings. The van der Waals surface area contributed by atoms with Crippen molar-refractivity contribution in [3.8, 4) is 0 Å². The molecule has 0 radical (unpaired) electrons. The monoisotopic (exact) mass is 783 g/mol. The first kappa shape index (κ1) is 41.8. The van der Waals surface area contributed by atoms with Gasteiger partial charge in [-0.25, -0.2) is 0 Å². The van der Waals surface area contributed by atoms with E-state index in [-0.39, 0.29) is 23.6 Å². The summed E-state index contributed by atoms with van der Waals surface area (Å²) in [5, 5.41) is 6.97. The van der Waals surface area contributed by atoms with Gasteiger partial charge >= 0.3 is 0 Å². The van der Waals surface area contributed by atoms with E-state index in [1.165, 1.54) is 125 Å². The van der Waals surface area contributed by atoms with E-state index >= 15 is 0 Å². The van der Waals surface area contributed by atoms with Crippen LogP contribution in [0.25, 0.3) is 43.1 Å². The van der Waals surface area contributed by atoms with Crippen LogP contribution in [0.15, 0.2) is 48.5 Å². The van der Waals surface area contributed by atoms with Crippen LogP contribution in [0.3, 0.4) is 0 Å². The standard InChI is InChI=1S/C52H66N2O4/c1-3-5-7-9-11-13-15-17-19-21-23-25-35-53-49(55)41-31-27-37-39-29-33-43-48-44(34-30-40(46(39)48)38-28-32-42(50(53)56)47(41)45(37)38)52(58)54(51(43)57)36-26-24-22-20-18-16-14-12-10-8-6-4-2/h27-34H,3-26,35-36H2,1-2H3. The molecule has 58 heavy (non-hydrogen) atoms. The van der Waals surface area contributed by atoms with Crippen LogP contribution in [-0.2, 0) is 0 Å². The largest absolute Gasteiger partial charge is 0.274 e. The average molecular weight is 783 g/mol. The molecule has 4 amide bonds. The van der Waals surface area contributed by atoms with Gasteiger partial charge in [0.1, 0.15) is 0 Å². The van der Waals surface area contributed by atoms with Crippen LogP contribution >= 0.6 is 0 Å². The number of rotatable bonds is 26. The molecule has 0 N–H and O–H groups in total. The molecular weight excluding hydrogens is 717 g/mol. The van der Waals surface area contributed by atoms with Crippen molar-refractivity contribution in [3.05, 3.63) is 70.8 Å². The summed E-state index contributed by atoms with van der Waals surface area (Å²) in [6.45, 7) is 5.39. The molecule has 0 spiro atoms. The van der Waals surface area contributed by atoms with Crippen LogP contribution in [0.1, 0.15) is 209 Å². The Bertz CT molecular complexity index is 1960. The minimum absolute atomic E-state index is 0.218. The molecule has 6 heteroatoms. The first-order chi connectivity index (χ1) is 28.5. The SMILES string of the molecule is CCCCCCCCCCCCCCN1C(=O)c2ccc3c4ccc5c6c(ccc(c7ccc(c2c37)C1=O)c64)C(=O)N(CCCCCCCCCCCCCC)C5=O. The predicted octanol–water partition coefficient (Wildman–Crippen LogP) is 14.3. The van der Waals surface area contributed by atoms with Crippen LogP contribution in [0.4, 0.5) is 0 Å². The van der Waals surface area contributed by atoms with E-state index in [0.717, 1.165) is 81.6 Å². The van der Waals surface area contributed by atoms with Crippen LogP contribution in [0, 0.1) is 0 Å². The molecule has 0 bridgehead atoms. The lowest BCUT2D eigenvalue weighted by Gasteiger charge is -2.30. The molecule has 308 valence electrons. The van der Waals surface area contributed by atoms with Crippen LogP contribution < -0.4 is 0 Å². The molecule has 5 aromatic rings. The Hall–Kier alpha value is -4.32. The fourth-order valence-electron chi connectivity index (χ4n) is 10.00. The number of unbranched alkanes of at least 4 members (excludes halogenated alkanes) is 22. The number of amides is 4. The van der Waals surface area contributed by atoms with Crippen molar-refractivity contribution in [2.24, 2.45) is 0 Å². The Morgan fingerprint density at radius 3 is 0.759 bits per heavy atom. The van der Waals surface area contributed by atoms with Gasteiger partial charge in [-0.1, -0.05) is 179 Å². The molecular formula is C52H66N2O4. The zero-order valence-corrected chi connectivity index (χ0v) is 35.5. The Balaban J connectivity index is 1.00. The van der Waals surface area contributed by atoms with Gasteiger partial charge < -0.3 is 0 Å². The molecule has 6 nitrogen and oxygen atoms in total. The van der Waals surface area contributed by atoms with E-state index in [2.05, 4.69) is 13.8 Å². The lowest BCUT2D eigenvalue weighted by molar-refractivity contribution is 0.0592. The van der Waals surface area contributed by atoms with Gasteiger partial charge in [0.15, 0.2) is 0 Å². The summed E-state index contributed by atoms with van der Waals surface area (Å²) < 4.78 is 0. The molecule has 2 aliphatic rings. The second-order valence-electron chi connectivity index (χ2n) is 17.4. The quantitative estimate of drug-likeness (QED) is 0.0242. The number of carbonyl (C=O) groups is 4. The smallest absolute Gasteiger partial charge is 0.261 e. The van der Waals surface area contributed by atoms with Crippen molar-refractivity contribution in [3.63, 3.8) is 0 Å². The van der Waals surface area contributed by atoms with Gasteiger partial charge in [0.05, 0.1) is 0 Å². The van der Waals surface area contributed by atoms with Crippen LogP contribution in [-0.4, -0.2) is 46.5 Å². The minimum atomic E-state index is -0.218. The molecule has 0 unspecified atom stereocenters. The zero-order valence-electron chi connectivity index (χ0n) is 35.5. The molecule has 0 aliphatic carbocycles. The number of hydrogen-bond acceptors (Lipinski definition) is 4. The summed E-state index contributed by atoms with van der Waals surface area (Å²) in [6, 6.07) is 15.5. The first-order valence-electron chi connectivity index (χ1n) is 23.4. The zero-order chi connectivity index (χ0) is 40.4. The number of imide groups is 2. The Morgan fingerprint density at radius 2 is 0.517 bits per heavy atom. The maximum atomic E-state index is 14.0. The van der Waals surface area contributed by atoms with E-state index in [0.29, 0.717) is 35.3 Å². The van der Waals surface area contributed by atoms with Crippen molar-refractivity contribution in [1.29, 1.82) is 0 Å². The maximum absolute atomic E-state index is 14.0. The van der Waals surface area contributed by atoms with Gasteiger partial charge in [0, 0.05) is 46.1 Å². The number of fused-ring (bicyclic) bond motifs is 2. The summed E-state index contributed by atoms with van der Waals surface area (Å²) in [4.78, 5) is 58.8. The molecule has 0 atom stereocenters. The highest BCUT2D eigenvalue weighted by molar-refractivity contribution is 6.41. The van der Waals surface area contributed by atoms with Gasteiger partial charge in [-0.05, 0) is 69.4 Å². The number of benzene rings is 5. The summed E-state index contributed by atoms with van der Waals surface area (Å²) in [6.07, 6.45) is 29.6. The van der Waals surface area contributed by atoms with Gasteiger partial charge in [-0.3, -0.25) is 29.0 Å². The van der Waals surface area contributed by atoms with Crippen molar-refractivity contribution in [1.82, 2.24) is 9.80 Å². The molecule has 2 heterocycles. The number of carbonyl (C=O) groups excluding carboxylic acids is 4. The first-order valence-corrected chi connectivity index (χ1v) is 23.4. The predicted molar refractivity (Wildman–Crippen MR) is 241 cm³/mol. The van der Waals surface area contributed by atoms with Gasteiger partial charge in [-0.15, -0.1) is 0 Å². The summed E-state index contributed by atoms with van der Waals surface area (Å²) in [7, 11) is 0.